The van der Waals surface area contributed by atoms with Gasteiger partial charge in [-0.1, -0.05) is 37.7 Å². The Hall–Kier alpha value is -4.63. The molecule has 0 radical (unpaired) electrons. The zero-order chi connectivity index (χ0) is 32.3. The molecule has 1 amide bonds. The second-order valence-corrected chi connectivity index (χ2v) is 11.2. The van der Waals surface area contributed by atoms with Crippen molar-refractivity contribution in [3.63, 3.8) is 0 Å². The number of carbonyl (C=O) groups excluding carboxylic acids is 1. The molecule has 1 aromatic heterocycles. The van der Waals surface area contributed by atoms with Crippen LogP contribution in [0.25, 0.3) is 5.69 Å². The van der Waals surface area contributed by atoms with Crippen molar-refractivity contribution < 1.29 is 36.9 Å². The van der Waals surface area contributed by atoms with Crippen molar-refractivity contribution in [3.8, 4) is 17.2 Å². The molecule has 2 heterocycles. The Morgan fingerprint density at radius 3 is 2.51 bits per heavy atom. The maximum Gasteiger partial charge on any atom is 0.573 e. The smallest absolute Gasteiger partial charge is 0.485 e. The lowest BCUT2D eigenvalue weighted by Crippen LogP contribution is -2.32. The molecule has 4 aromatic rings. The minimum atomic E-state index is -4.79. The topological polar surface area (TPSA) is 114 Å². The molecule has 0 aliphatic carbocycles. The SMILES string of the molecule is Cc1ccc(C(C)C)c(N2C(=O)CSC2=NC(O)Nc2ccc(OCc3ncn(-c4ccc(OC(F)(F)F)cc4)n3)cc2F)c1. The number of anilines is 2. The van der Waals surface area contributed by atoms with Crippen LogP contribution in [0.3, 0.4) is 0 Å². The number of aliphatic imine (C=N–C) groups is 1. The van der Waals surface area contributed by atoms with E-state index in [4.69, 9.17) is 4.74 Å². The minimum absolute atomic E-state index is 0.0427. The van der Waals surface area contributed by atoms with Gasteiger partial charge in [-0.05, 0) is 66.4 Å². The zero-order valence-corrected chi connectivity index (χ0v) is 25.1. The molecule has 1 atom stereocenters. The van der Waals surface area contributed by atoms with Gasteiger partial charge in [-0.2, -0.15) is 0 Å². The third-order valence-electron chi connectivity index (χ3n) is 6.51. The van der Waals surface area contributed by atoms with Crippen LogP contribution in [-0.2, 0) is 11.4 Å². The van der Waals surface area contributed by atoms with Crippen molar-refractivity contribution in [1.82, 2.24) is 14.8 Å². The number of hydrogen-bond donors (Lipinski definition) is 2. The molecule has 1 aliphatic heterocycles. The van der Waals surface area contributed by atoms with Crippen LogP contribution < -0.4 is 19.7 Å². The van der Waals surface area contributed by atoms with E-state index in [1.807, 2.05) is 39.0 Å². The van der Waals surface area contributed by atoms with Crippen LogP contribution in [0.4, 0.5) is 28.9 Å². The van der Waals surface area contributed by atoms with Crippen LogP contribution in [0.2, 0.25) is 0 Å². The average Bonchev–Trinajstić information content (AvgIpc) is 3.59. The summed E-state index contributed by atoms with van der Waals surface area (Å²) in [4.78, 5) is 22.6. The van der Waals surface area contributed by atoms with E-state index in [-0.39, 0.29) is 47.2 Å². The molecule has 1 saturated heterocycles. The quantitative estimate of drug-likeness (QED) is 0.156. The molecule has 1 unspecified atom stereocenters. The lowest BCUT2D eigenvalue weighted by atomic mass is 9.99. The summed E-state index contributed by atoms with van der Waals surface area (Å²) in [7, 11) is 0. The number of nitrogens with one attached hydrogen (secondary N) is 1. The highest BCUT2D eigenvalue weighted by atomic mass is 32.2. The van der Waals surface area contributed by atoms with Gasteiger partial charge in [-0.15, -0.1) is 18.3 Å². The van der Waals surface area contributed by atoms with Crippen molar-refractivity contribution in [2.75, 3.05) is 16.0 Å². The average molecular weight is 645 g/mol. The molecule has 1 aliphatic rings. The van der Waals surface area contributed by atoms with E-state index in [1.165, 1.54) is 51.9 Å². The van der Waals surface area contributed by atoms with E-state index in [1.54, 1.807) is 0 Å². The van der Waals surface area contributed by atoms with Gasteiger partial charge in [0.15, 0.2) is 11.0 Å². The summed E-state index contributed by atoms with van der Waals surface area (Å²) in [6.07, 6.45) is -4.98. The number of benzene rings is 3. The van der Waals surface area contributed by atoms with Gasteiger partial charge in [0.25, 0.3) is 0 Å². The van der Waals surface area contributed by atoms with Gasteiger partial charge in [0.2, 0.25) is 12.3 Å². The number of alkyl halides is 3. The first-order valence-electron chi connectivity index (χ1n) is 13.6. The highest BCUT2D eigenvalue weighted by molar-refractivity contribution is 8.15. The van der Waals surface area contributed by atoms with Gasteiger partial charge in [0, 0.05) is 6.07 Å². The number of rotatable bonds is 10. The van der Waals surface area contributed by atoms with E-state index in [2.05, 4.69) is 25.1 Å². The van der Waals surface area contributed by atoms with Gasteiger partial charge in [0.05, 0.1) is 22.8 Å². The fourth-order valence-electron chi connectivity index (χ4n) is 4.44. The monoisotopic (exact) mass is 644 g/mol. The maximum absolute atomic E-state index is 14.9. The number of thioether (sulfide) groups is 1. The number of amidine groups is 1. The van der Waals surface area contributed by atoms with Crippen molar-refractivity contribution >= 4 is 34.2 Å². The molecule has 0 saturated carbocycles. The van der Waals surface area contributed by atoms with Crippen molar-refractivity contribution in [2.24, 2.45) is 4.99 Å². The standard InChI is InChI=1S/C30H28F4N6O4S/c1-17(2)22-10-4-18(3)12-25(22)40-27(41)15-45-29(40)37-28(42)36-24-11-9-21(13-23(24)31)43-14-26-35-16-39(38-26)19-5-7-20(8-6-19)44-30(32,33)34/h4-13,16-17,28,36,42H,14-15H2,1-3H3. The first kappa shape index (κ1) is 31.8. The molecule has 0 spiro atoms. The lowest BCUT2D eigenvalue weighted by Gasteiger charge is -2.23. The van der Waals surface area contributed by atoms with Gasteiger partial charge in [-0.25, -0.2) is 19.0 Å². The lowest BCUT2D eigenvalue weighted by molar-refractivity contribution is -0.274. The van der Waals surface area contributed by atoms with E-state index < -0.39 is 18.5 Å². The normalized spacial score (nSPS) is 15.2. The largest absolute Gasteiger partial charge is 0.573 e. The fourth-order valence-corrected chi connectivity index (χ4v) is 5.33. The Morgan fingerprint density at radius 2 is 1.82 bits per heavy atom. The number of halogens is 4. The van der Waals surface area contributed by atoms with Crippen molar-refractivity contribution in [3.05, 3.63) is 89.8 Å². The number of aryl methyl sites for hydroxylation is 1. The summed E-state index contributed by atoms with van der Waals surface area (Å²) in [6, 6.07) is 14.9. The number of nitrogens with zero attached hydrogens (tertiary/aromatic N) is 5. The predicted octanol–water partition coefficient (Wildman–Crippen LogP) is 6.14. The van der Waals surface area contributed by atoms with Gasteiger partial charge >= 0.3 is 6.36 Å². The van der Waals surface area contributed by atoms with Crippen LogP contribution in [0, 0.1) is 12.7 Å². The fraction of sp³-hybridized carbons (Fsp3) is 0.267. The van der Waals surface area contributed by atoms with Gasteiger partial charge in [0.1, 0.15) is 30.3 Å². The molecule has 236 valence electrons. The molecule has 15 heteroatoms. The van der Waals surface area contributed by atoms with E-state index in [0.29, 0.717) is 16.5 Å². The highest BCUT2D eigenvalue weighted by Crippen LogP contribution is 2.34. The molecular weight excluding hydrogens is 616 g/mol. The van der Waals surface area contributed by atoms with Gasteiger partial charge in [-0.3, -0.25) is 9.69 Å². The zero-order valence-electron chi connectivity index (χ0n) is 24.2. The summed E-state index contributed by atoms with van der Waals surface area (Å²) in [6.45, 7) is 5.86. The molecule has 1 fully saturated rings. The van der Waals surface area contributed by atoms with Crippen molar-refractivity contribution in [2.45, 2.75) is 46.0 Å². The number of carbonyl (C=O) groups is 1. The van der Waals surface area contributed by atoms with Crippen LogP contribution >= 0.6 is 11.8 Å². The predicted molar refractivity (Wildman–Crippen MR) is 161 cm³/mol. The molecule has 45 heavy (non-hydrogen) atoms. The molecular formula is C30H28F4N6O4S. The van der Waals surface area contributed by atoms with E-state index >= 15 is 0 Å². The number of amides is 1. The first-order valence-corrected chi connectivity index (χ1v) is 14.6. The third kappa shape index (κ3) is 7.91. The van der Waals surface area contributed by atoms with Crippen LogP contribution in [-0.4, -0.2) is 49.4 Å². The molecule has 0 bridgehead atoms. The molecule has 10 nitrogen and oxygen atoms in total. The Morgan fingerprint density at radius 1 is 1.09 bits per heavy atom. The maximum atomic E-state index is 14.9. The number of hydrogen-bond acceptors (Lipinski definition) is 9. The summed E-state index contributed by atoms with van der Waals surface area (Å²) < 4.78 is 62.8. The Bertz CT molecular complexity index is 1710. The number of aliphatic hydroxyl groups is 1. The third-order valence-corrected chi connectivity index (χ3v) is 7.45. The highest BCUT2D eigenvalue weighted by Gasteiger charge is 2.33. The number of aliphatic hydroxyl groups excluding tert-OH is 1. The molecule has 5 rings (SSSR count). The van der Waals surface area contributed by atoms with E-state index in [9.17, 15) is 27.5 Å². The van der Waals surface area contributed by atoms with Crippen LogP contribution in [0.1, 0.15) is 36.7 Å². The Kier molecular flexibility index (Phi) is 9.29. The molecule has 2 N–H and O–H groups in total. The number of aromatic nitrogens is 3. The minimum Gasteiger partial charge on any atom is -0.485 e. The van der Waals surface area contributed by atoms with Crippen molar-refractivity contribution in [1.29, 1.82) is 0 Å². The first-order chi connectivity index (χ1) is 21.4. The second-order valence-electron chi connectivity index (χ2n) is 10.2. The summed E-state index contributed by atoms with van der Waals surface area (Å²) in [5.41, 5.74) is 3.03. The number of ether oxygens (including phenoxy) is 2. The summed E-state index contributed by atoms with van der Waals surface area (Å²) >= 11 is 1.18. The Labute approximate surface area is 259 Å². The summed E-state index contributed by atoms with van der Waals surface area (Å²) in [5.74, 6) is -0.556. The summed E-state index contributed by atoms with van der Waals surface area (Å²) in [5, 5.41) is 17.7. The Balaban J connectivity index is 1.21. The molecule has 3 aromatic carbocycles. The van der Waals surface area contributed by atoms with Gasteiger partial charge < -0.3 is 19.9 Å². The van der Waals surface area contributed by atoms with Crippen LogP contribution in [0.15, 0.2) is 72.0 Å². The second kappa shape index (κ2) is 13.2. The van der Waals surface area contributed by atoms with Crippen LogP contribution in [0.5, 0.6) is 11.5 Å². The van der Waals surface area contributed by atoms with E-state index in [0.717, 1.165) is 29.3 Å².